The molecule has 118 valence electrons. The second kappa shape index (κ2) is 7.26. The van der Waals surface area contributed by atoms with Crippen LogP contribution in [0.25, 0.3) is 0 Å². The molecule has 1 heterocycles. The average molecular weight is 295 g/mol. The van der Waals surface area contributed by atoms with E-state index in [0.29, 0.717) is 0 Å². The van der Waals surface area contributed by atoms with Gasteiger partial charge in [0.05, 0.1) is 18.6 Å². The molecule has 1 unspecified atom stereocenters. The highest BCUT2D eigenvalue weighted by molar-refractivity contribution is 5.87. The largest absolute Gasteiger partial charge is 0.466 e. The van der Waals surface area contributed by atoms with Crippen molar-refractivity contribution in [3.8, 4) is 0 Å². The lowest BCUT2D eigenvalue weighted by atomic mass is 10.1. The lowest BCUT2D eigenvalue weighted by Crippen LogP contribution is -2.47. The summed E-state index contributed by atoms with van der Waals surface area (Å²) in [7, 11) is 0. The maximum absolute atomic E-state index is 11.8. The van der Waals surface area contributed by atoms with E-state index in [-0.39, 0.29) is 30.3 Å². The van der Waals surface area contributed by atoms with Crippen molar-refractivity contribution in [1.29, 1.82) is 0 Å². The Morgan fingerprint density at radius 1 is 1.29 bits per heavy atom. The van der Waals surface area contributed by atoms with E-state index in [1.165, 1.54) is 0 Å². The number of rotatable bonds is 6. The average Bonchev–Trinajstić information content (AvgIpc) is 2.74. The molecule has 6 heteroatoms. The van der Waals surface area contributed by atoms with Crippen molar-refractivity contribution in [2.75, 3.05) is 6.54 Å². The van der Waals surface area contributed by atoms with Crippen molar-refractivity contribution in [1.82, 2.24) is 10.6 Å². The Morgan fingerprint density at radius 3 is 2.38 bits per heavy atom. The summed E-state index contributed by atoms with van der Waals surface area (Å²) in [5, 5.41) is 5.36. The Balaban J connectivity index is 2.47. The molecule has 0 fully saturated rings. The standard InChI is InChI=1S/C15H25N3O3/c1-8(2)14(16)15(20)17-7-13(19)18-10(4)12-6-9(3)21-11(12)5/h6,8,10,14H,7,16H2,1-5H3,(H,17,20)(H,18,19)/t10?,14-/m0/s1. The van der Waals surface area contributed by atoms with Gasteiger partial charge in [-0.2, -0.15) is 0 Å². The van der Waals surface area contributed by atoms with Crippen molar-refractivity contribution in [2.24, 2.45) is 11.7 Å². The van der Waals surface area contributed by atoms with Crippen LogP contribution in [0.1, 0.15) is 43.9 Å². The molecule has 6 nitrogen and oxygen atoms in total. The first-order valence-electron chi connectivity index (χ1n) is 7.12. The van der Waals surface area contributed by atoms with Crippen LogP contribution in [0.2, 0.25) is 0 Å². The van der Waals surface area contributed by atoms with E-state index in [9.17, 15) is 9.59 Å². The van der Waals surface area contributed by atoms with Crippen LogP contribution in [-0.4, -0.2) is 24.4 Å². The summed E-state index contributed by atoms with van der Waals surface area (Å²) in [4.78, 5) is 23.5. The third-order valence-electron chi connectivity index (χ3n) is 3.37. The Kier molecular flexibility index (Phi) is 5.96. The number of carbonyl (C=O) groups excluding carboxylic acids is 2. The zero-order valence-electron chi connectivity index (χ0n) is 13.3. The molecule has 0 saturated heterocycles. The lowest BCUT2D eigenvalue weighted by Gasteiger charge is -2.17. The molecule has 0 aliphatic carbocycles. The first-order valence-corrected chi connectivity index (χ1v) is 7.12. The Hall–Kier alpha value is -1.82. The molecule has 1 aromatic rings. The van der Waals surface area contributed by atoms with Gasteiger partial charge in [-0.1, -0.05) is 13.8 Å². The van der Waals surface area contributed by atoms with E-state index in [1.807, 2.05) is 40.7 Å². The van der Waals surface area contributed by atoms with Gasteiger partial charge in [-0.3, -0.25) is 9.59 Å². The first kappa shape index (κ1) is 17.2. The Morgan fingerprint density at radius 2 is 1.90 bits per heavy atom. The van der Waals surface area contributed by atoms with Crippen LogP contribution in [0.3, 0.4) is 0 Å². The smallest absolute Gasteiger partial charge is 0.239 e. The lowest BCUT2D eigenvalue weighted by molar-refractivity contribution is -0.127. The summed E-state index contributed by atoms with van der Waals surface area (Å²) >= 11 is 0. The van der Waals surface area contributed by atoms with E-state index < -0.39 is 6.04 Å². The summed E-state index contributed by atoms with van der Waals surface area (Å²) in [5.74, 6) is 1.04. The van der Waals surface area contributed by atoms with Gasteiger partial charge in [0.25, 0.3) is 0 Å². The van der Waals surface area contributed by atoms with E-state index in [2.05, 4.69) is 10.6 Å². The van der Waals surface area contributed by atoms with Gasteiger partial charge in [-0.05, 0) is 32.8 Å². The van der Waals surface area contributed by atoms with E-state index >= 15 is 0 Å². The quantitative estimate of drug-likeness (QED) is 0.734. The van der Waals surface area contributed by atoms with Crippen LogP contribution >= 0.6 is 0 Å². The minimum Gasteiger partial charge on any atom is -0.466 e. The summed E-state index contributed by atoms with van der Waals surface area (Å²) in [6, 6.07) is 1.12. The first-order chi connectivity index (χ1) is 9.72. The Labute approximate surface area is 125 Å². The van der Waals surface area contributed by atoms with Crippen molar-refractivity contribution in [2.45, 2.75) is 46.7 Å². The minimum atomic E-state index is -0.603. The summed E-state index contributed by atoms with van der Waals surface area (Å²) in [6.07, 6.45) is 0. The van der Waals surface area contributed by atoms with Gasteiger partial charge in [0.2, 0.25) is 11.8 Å². The number of amides is 2. The number of aryl methyl sites for hydroxylation is 2. The zero-order chi connectivity index (χ0) is 16.2. The summed E-state index contributed by atoms with van der Waals surface area (Å²) < 4.78 is 5.44. The van der Waals surface area contributed by atoms with Gasteiger partial charge in [0.1, 0.15) is 11.5 Å². The SMILES string of the molecule is Cc1cc(C(C)NC(=O)CNC(=O)[C@@H](N)C(C)C)c(C)o1. The van der Waals surface area contributed by atoms with Crippen LogP contribution in [0.5, 0.6) is 0 Å². The van der Waals surface area contributed by atoms with Gasteiger partial charge in [-0.15, -0.1) is 0 Å². The highest BCUT2D eigenvalue weighted by Crippen LogP contribution is 2.20. The van der Waals surface area contributed by atoms with Crippen LogP contribution < -0.4 is 16.4 Å². The van der Waals surface area contributed by atoms with Gasteiger partial charge in [-0.25, -0.2) is 0 Å². The third kappa shape index (κ3) is 4.90. The van der Waals surface area contributed by atoms with Crippen LogP contribution in [-0.2, 0) is 9.59 Å². The monoisotopic (exact) mass is 295 g/mol. The second-order valence-electron chi connectivity index (χ2n) is 5.65. The molecule has 2 atom stereocenters. The van der Waals surface area contributed by atoms with Crippen LogP contribution in [0, 0.1) is 19.8 Å². The number of hydrogen-bond donors (Lipinski definition) is 3. The fourth-order valence-corrected chi connectivity index (χ4v) is 2.04. The molecule has 21 heavy (non-hydrogen) atoms. The molecule has 0 bridgehead atoms. The molecular formula is C15H25N3O3. The van der Waals surface area contributed by atoms with Gasteiger partial charge >= 0.3 is 0 Å². The fraction of sp³-hybridized carbons (Fsp3) is 0.600. The molecule has 1 aromatic heterocycles. The fourth-order valence-electron chi connectivity index (χ4n) is 2.04. The van der Waals surface area contributed by atoms with Crippen molar-refractivity contribution >= 4 is 11.8 Å². The third-order valence-corrected chi connectivity index (χ3v) is 3.37. The zero-order valence-corrected chi connectivity index (χ0v) is 13.3. The van der Waals surface area contributed by atoms with Crippen LogP contribution in [0.15, 0.2) is 10.5 Å². The maximum Gasteiger partial charge on any atom is 0.239 e. The molecule has 1 rings (SSSR count). The number of carbonyl (C=O) groups is 2. The van der Waals surface area contributed by atoms with Gasteiger partial charge in [0.15, 0.2) is 0 Å². The Bertz CT molecular complexity index is 508. The van der Waals surface area contributed by atoms with E-state index in [1.54, 1.807) is 0 Å². The molecule has 2 amide bonds. The molecule has 0 radical (unpaired) electrons. The molecule has 0 aliphatic rings. The van der Waals surface area contributed by atoms with Crippen LogP contribution in [0.4, 0.5) is 0 Å². The van der Waals surface area contributed by atoms with Crippen molar-refractivity contribution in [3.63, 3.8) is 0 Å². The minimum absolute atomic E-state index is 0.0311. The maximum atomic E-state index is 11.8. The highest BCUT2D eigenvalue weighted by Gasteiger charge is 2.19. The molecular weight excluding hydrogens is 270 g/mol. The number of nitrogens with two attached hydrogens (primary N) is 1. The molecule has 0 aromatic carbocycles. The normalized spacial score (nSPS) is 13.9. The summed E-state index contributed by atoms with van der Waals surface area (Å²) in [5.41, 5.74) is 6.64. The molecule has 0 aliphatic heterocycles. The summed E-state index contributed by atoms with van der Waals surface area (Å²) in [6.45, 7) is 9.22. The number of hydrogen-bond acceptors (Lipinski definition) is 4. The van der Waals surface area contributed by atoms with E-state index in [0.717, 1.165) is 17.1 Å². The van der Waals surface area contributed by atoms with E-state index in [4.69, 9.17) is 10.2 Å². The highest BCUT2D eigenvalue weighted by atomic mass is 16.3. The molecule has 0 saturated carbocycles. The van der Waals surface area contributed by atoms with Gasteiger partial charge in [0, 0.05) is 5.56 Å². The topological polar surface area (TPSA) is 97.4 Å². The van der Waals surface area contributed by atoms with Crippen molar-refractivity contribution in [3.05, 3.63) is 23.2 Å². The van der Waals surface area contributed by atoms with Gasteiger partial charge < -0.3 is 20.8 Å². The van der Waals surface area contributed by atoms with Crippen molar-refractivity contribution < 1.29 is 14.0 Å². The number of nitrogens with one attached hydrogen (secondary N) is 2. The molecule has 0 spiro atoms. The second-order valence-corrected chi connectivity index (χ2v) is 5.65. The molecule has 4 N–H and O–H groups in total. The predicted molar refractivity (Wildman–Crippen MR) is 80.6 cm³/mol. The predicted octanol–water partition coefficient (Wildman–Crippen LogP) is 1.17. The number of furan rings is 1.